The largest absolute Gasteiger partial charge is 0.466 e. The SMILES string of the molecule is CCOC(=O)CCN(Cc1[nH]c2ncccc2c1C(=O)OC)C1CC1. The van der Waals surface area contributed by atoms with Crippen LogP contribution in [-0.4, -0.2) is 53.1 Å². The van der Waals surface area contributed by atoms with Crippen LogP contribution < -0.4 is 0 Å². The normalized spacial score (nSPS) is 14.0. The summed E-state index contributed by atoms with van der Waals surface area (Å²) in [5.74, 6) is -0.574. The fourth-order valence-electron chi connectivity index (χ4n) is 3.03. The molecular weight excluding hydrogens is 322 g/mol. The zero-order valence-electron chi connectivity index (χ0n) is 14.6. The van der Waals surface area contributed by atoms with E-state index in [0.29, 0.717) is 43.4 Å². The first-order valence-corrected chi connectivity index (χ1v) is 8.57. The molecule has 0 unspecified atom stereocenters. The molecule has 2 aromatic heterocycles. The van der Waals surface area contributed by atoms with Crippen LogP contribution in [0.1, 0.15) is 42.2 Å². The zero-order valence-corrected chi connectivity index (χ0v) is 14.6. The third kappa shape index (κ3) is 3.99. The molecule has 7 heteroatoms. The van der Waals surface area contributed by atoms with Gasteiger partial charge in [0.1, 0.15) is 5.65 Å². The highest BCUT2D eigenvalue weighted by Gasteiger charge is 2.31. The fourth-order valence-corrected chi connectivity index (χ4v) is 3.03. The van der Waals surface area contributed by atoms with Crippen molar-refractivity contribution in [1.29, 1.82) is 0 Å². The Balaban J connectivity index is 1.82. The van der Waals surface area contributed by atoms with Crippen molar-refractivity contribution in [2.24, 2.45) is 0 Å². The van der Waals surface area contributed by atoms with Gasteiger partial charge in [-0.1, -0.05) is 0 Å². The Labute approximate surface area is 146 Å². The van der Waals surface area contributed by atoms with Gasteiger partial charge in [0.25, 0.3) is 0 Å². The lowest BCUT2D eigenvalue weighted by molar-refractivity contribution is -0.143. The van der Waals surface area contributed by atoms with Crippen molar-refractivity contribution in [2.75, 3.05) is 20.3 Å². The van der Waals surface area contributed by atoms with E-state index in [-0.39, 0.29) is 11.9 Å². The first-order valence-electron chi connectivity index (χ1n) is 8.57. The number of carbonyl (C=O) groups is 2. The number of hydrogen-bond donors (Lipinski definition) is 1. The molecule has 3 rings (SSSR count). The van der Waals surface area contributed by atoms with Crippen LogP contribution in [0.5, 0.6) is 0 Å². The molecule has 2 heterocycles. The number of esters is 2. The van der Waals surface area contributed by atoms with Crippen LogP contribution in [0.15, 0.2) is 18.3 Å². The van der Waals surface area contributed by atoms with Gasteiger partial charge < -0.3 is 14.5 Å². The molecule has 0 amide bonds. The molecule has 25 heavy (non-hydrogen) atoms. The Morgan fingerprint density at radius 1 is 1.40 bits per heavy atom. The van der Waals surface area contributed by atoms with Crippen molar-refractivity contribution in [3.05, 3.63) is 29.6 Å². The standard InChI is InChI=1S/C18H23N3O4/c1-3-25-15(22)8-10-21(12-6-7-12)11-14-16(18(23)24-2)13-5-4-9-19-17(13)20-14/h4-5,9,12H,3,6-8,10-11H2,1-2H3,(H,19,20). The summed E-state index contributed by atoms with van der Waals surface area (Å²) in [6.45, 7) is 3.34. The van der Waals surface area contributed by atoms with Gasteiger partial charge in [-0.2, -0.15) is 0 Å². The molecule has 0 spiro atoms. The van der Waals surface area contributed by atoms with E-state index in [1.807, 2.05) is 6.07 Å². The Hall–Kier alpha value is -2.41. The maximum Gasteiger partial charge on any atom is 0.340 e. The summed E-state index contributed by atoms with van der Waals surface area (Å²) in [4.78, 5) is 33.7. The van der Waals surface area contributed by atoms with Gasteiger partial charge in [0.2, 0.25) is 0 Å². The van der Waals surface area contributed by atoms with Crippen molar-refractivity contribution < 1.29 is 19.1 Å². The number of nitrogens with zero attached hydrogens (tertiary/aromatic N) is 2. The predicted octanol–water partition coefficient (Wildman–Crippen LogP) is 2.27. The lowest BCUT2D eigenvalue weighted by Gasteiger charge is -2.21. The molecule has 1 aliphatic carbocycles. The van der Waals surface area contributed by atoms with Crippen LogP contribution in [0.4, 0.5) is 0 Å². The highest BCUT2D eigenvalue weighted by atomic mass is 16.5. The third-order valence-electron chi connectivity index (χ3n) is 4.37. The lowest BCUT2D eigenvalue weighted by atomic mass is 10.1. The molecule has 1 saturated carbocycles. The third-order valence-corrected chi connectivity index (χ3v) is 4.37. The Morgan fingerprint density at radius 2 is 2.20 bits per heavy atom. The van der Waals surface area contributed by atoms with Crippen LogP contribution in [0.2, 0.25) is 0 Å². The number of H-pyrrole nitrogens is 1. The summed E-state index contributed by atoms with van der Waals surface area (Å²) >= 11 is 0. The maximum atomic E-state index is 12.3. The molecule has 0 atom stereocenters. The van der Waals surface area contributed by atoms with Gasteiger partial charge in [0.15, 0.2) is 0 Å². The monoisotopic (exact) mass is 345 g/mol. The molecule has 0 saturated heterocycles. The van der Waals surface area contributed by atoms with Gasteiger partial charge >= 0.3 is 11.9 Å². The summed E-state index contributed by atoms with van der Waals surface area (Å²) in [7, 11) is 1.38. The van der Waals surface area contributed by atoms with Crippen LogP contribution in [0.25, 0.3) is 11.0 Å². The highest BCUT2D eigenvalue weighted by Crippen LogP contribution is 2.30. The topological polar surface area (TPSA) is 84.5 Å². The number of aromatic nitrogens is 2. The van der Waals surface area contributed by atoms with E-state index >= 15 is 0 Å². The number of rotatable bonds is 8. The fraction of sp³-hybridized carbons (Fsp3) is 0.500. The quantitative estimate of drug-likeness (QED) is 0.739. The minimum Gasteiger partial charge on any atom is -0.466 e. The maximum absolute atomic E-state index is 12.3. The molecule has 134 valence electrons. The summed E-state index contributed by atoms with van der Waals surface area (Å²) in [5.41, 5.74) is 1.96. The van der Waals surface area contributed by atoms with Gasteiger partial charge in [-0.05, 0) is 31.9 Å². The van der Waals surface area contributed by atoms with E-state index in [9.17, 15) is 9.59 Å². The number of ether oxygens (including phenoxy) is 2. The van der Waals surface area contributed by atoms with Crippen molar-refractivity contribution >= 4 is 23.0 Å². The summed E-state index contributed by atoms with van der Waals surface area (Å²) in [6, 6.07) is 4.10. The van der Waals surface area contributed by atoms with Crippen LogP contribution in [0.3, 0.4) is 0 Å². The minimum absolute atomic E-state index is 0.195. The number of carbonyl (C=O) groups excluding carboxylic acids is 2. The second kappa shape index (κ2) is 7.65. The molecule has 0 bridgehead atoms. The summed E-state index contributed by atoms with van der Waals surface area (Å²) in [6.07, 6.45) is 4.24. The molecule has 0 radical (unpaired) electrons. The van der Waals surface area contributed by atoms with Gasteiger partial charge in [0.05, 0.1) is 25.7 Å². The smallest absolute Gasteiger partial charge is 0.340 e. The van der Waals surface area contributed by atoms with E-state index in [1.54, 1.807) is 19.2 Å². The van der Waals surface area contributed by atoms with E-state index in [2.05, 4.69) is 14.9 Å². The second-order valence-corrected chi connectivity index (χ2v) is 6.13. The van der Waals surface area contributed by atoms with E-state index in [4.69, 9.17) is 9.47 Å². The Morgan fingerprint density at radius 3 is 2.88 bits per heavy atom. The van der Waals surface area contributed by atoms with Crippen molar-refractivity contribution in [1.82, 2.24) is 14.9 Å². The average Bonchev–Trinajstić information content (AvgIpc) is 3.39. The Bertz CT molecular complexity index is 767. The molecule has 1 N–H and O–H groups in total. The van der Waals surface area contributed by atoms with Crippen LogP contribution in [-0.2, 0) is 20.8 Å². The molecule has 1 aliphatic rings. The number of pyridine rings is 1. The number of fused-ring (bicyclic) bond motifs is 1. The molecule has 7 nitrogen and oxygen atoms in total. The number of nitrogens with one attached hydrogen (secondary N) is 1. The highest BCUT2D eigenvalue weighted by molar-refractivity contribution is 6.04. The molecule has 2 aromatic rings. The summed E-state index contributed by atoms with van der Waals surface area (Å²) < 4.78 is 9.96. The van der Waals surface area contributed by atoms with Crippen LogP contribution >= 0.6 is 0 Å². The average molecular weight is 345 g/mol. The second-order valence-electron chi connectivity index (χ2n) is 6.13. The molecular formula is C18H23N3O4. The first kappa shape index (κ1) is 17.4. The van der Waals surface area contributed by atoms with Gasteiger partial charge in [-0.15, -0.1) is 0 Å². The number of aromatic amines is 1. The van der Waals surface area contributed by atoms with Gasteiger partial charge in [0, 0.05) is 36.4 Å². The molecule has 0 aromatic carbocycles. The summed E-state index contributed by atoms with van der Waals surface area (Å²) in [5, 5.41) is 0.755. The first-order chi connectivity index (χ1) is 12.1. The minimum atomic E-state index is -0.379. The molecule has 0 aliphatic heterocycles. The van der Waals surface area contributed by atoms with E-state index in [0.717, 1.165) is 23.9 Å². The number of hydrogen-bond acceptors (Lipinski definition) is 6. The van der Waals surface area contributed by atoms with E-state index < -0.39 is 0 Å². The molecule has 1 fully saturated rings. The zero-order chi connectivity index (χ0) is 17.8. The number of methoxy groups -OCH3 is 1. The predicted molar refractivity (Wildman–Crippen MR) is 92.1 cm³/mol. The van der Waals surface area contributed by atoms with Crippen molar-refractivity contribution in [2.45, 2.75) is 38.8 Å². The van der Waals surface area contributed by atoms with Gasteiger partial charge in [-0.25, -0.2) is 9.78 Å². The van der Waals surface area contributed by atoms with Crippen molar-refractivity contribution in [3.8, 4) is 0 Å². The lowest BCUT2D eigenvalue weighted by Crippen LogP contribution is -2.29. The van der Waals surface area contributed by atoms with Crippen LogP contribution in [0, 0.1) is 0 Å². The van der Waals surface area contributed by atoms with Crippen molar-refractivity contribution in [3.63, 3.8) is 0 Å². The van der Waals surface area contributed by atoms with E-state index in [1.165, 1.54) is 7.11 Å². The van der Waals surface area contributed by atoms with Gasteiger partial charge in [-0.3, -0.25) is 9.69 Å². The Kier molecular flexibility index (Phi) is 5.33.